The summed E-state index contributed by atoms with van der Waals surface area (Å²) in [6.07, 6.45) is 0. The average molecular weight is 474 g/mol. The van der Waals surface area contributed by atoms with Gasteiger partial charge in [-0.1, -0.05) is 44.0 Å². The monoisotopic (exact) mass is 472 g/mol. The molecule has 0 fully saturated rings. The molecule has 0 aliphatic rings. The maximum Gasteiger partial charge on any atom is 0.161 e. The first-order valence-corrected chi connectivity index (χ1v) is 9.37. The summed E-state index contributed by atoms with van der Waals surface area (Å²) in [7, 11) is 0. The fourth-order valence-electron chi connectivity index (χ4n) is 3.32. The minimum absolute atomic E-state index is 0.326. The third-order valence-corrected chi connectivity index (χ3v) is 5.46. The van der Waals surface area contributed by atoms with Gasteiger partial charge < -0.3 is 0 Å². The standard InChI is InChI=1S/C20H8Br2F2N2/c21-9-1-3-11-12-4-2-10(22)6-14(12)20-19(13(11)5-9)25-17-7-15(23)16(24)8-18(17)26-20/h1-8H. The molecule has 0 saturated carbocycles. The molecule has 0 unspecified atom stereocenters. The summed E-state index contributed by atoms with van der Waals surface area (Å²) in [5.74, 6) is -1.86. The molecule has 0 radical (unpaired) electrons. The molecular weight excluding hydrogens is 466 g/mol. The van der Waals surface area contributed by atoms with E-state index in [1.165, 1.54) is 0 Å². The van der Waals surface area contributed by atoms with Crippen LogP contribution in [-0.2, 0) is 0 Å². The number of halogens is 4. The summed E-state index contributed by atoms with van der Waals surface area (Å²) in [4.78, 5) is 9.25. The van der Waals surface area contributed by atoms with Crippen LogP contribution in [0.5, 0.6) is 0 Å². The summed E-state index contributed by atoms with van der Waals surface area (Å²) >= 11 is 7.00. The van der Waals surface area contributed by atoms with Gasteiger partial charge in [-0.15, -0.1) is 0 Å². The summed E-state index contributed by atoms with van der Waals surface area (Å²) in [5.41, 5.74) is 1.97. The van der Waals surface area contributed by atoms with E-state index >= 15 is 0 Å². The molecule has 0 aliphatic carbocycles. The summed E-state index contributed by atoms with van der Waals surface area (Å²) in [6.45, 7) is 0. The zero-order chi connectivity index (χ0) is 18.0. The molecule has 0 bridgehead atoms. The van der Waals surface area contributed by atoms with E-state index in [2.05, 4.69) is 41.8 Å². The Balaban J connectivity index is 2.11. The largest absolute Gasteiger partial charge is 0.244 e. The smallest absolute Gasteiger partial charge is 0.161 e. The maximum atomic E-state index is 13.7. The van der Waals surface area contributed by atoms with Gasteiger partial charge in [0.1, 0.15) is 0 Å². The predicted molar refractivity (Wildman–Crippen MR) is 107 cm³/mol. The topological polar surface area (TPSA) is 25.8 Å². The van der Waals surface area contributed by atoms with E-state index in [4.69, 9.17) is 0 Å². The average Bonchev–Trinajstić information content (AvgIpc) is 2.61. The van der Waals surface area contributed by atoms with Gasteiger partial charge in [0.2, 0.25) is 0 Å². The van der Waals surface area contributed by atoms with Gasteiger partial charge in [-0.3, -0.25) is 0 Å². The maximum absolute atomic E-state index is 13.7. The first kappa shape index (κ1) is 16.0. The van der Waals surface area contributed by atoms with Crippen LogP contribution < -0.4 is 0 Å². The minimum Gasteiger partial charge on any atom is -0.244 e. The zero-order valence-electron chi connectivity index (χ0n) is 13.0. The Morgan fingerprint density at radius 3 is 1.42 bits per heavy atom. The first-order chi connectivity index (χ1) is 12.5. The minimum atomic E-state index is -0.930. The molecule has 6 heteroatoms. The van der Waals surface area contributed by atoms with Gasteiger partial charge in [-0.25, -0.2) is 18.7 Å². The fraction of sp³-hybridized carbons (Fsp3) is 0. The lowest BCUT2D eigenvalue weighted by Crippen LogP contribution is -1.94. The van der Waals surface area contributed by atoms with E-state index in [0.717, 1.165) is 42.6 Å². The lowest BCUT2D eigenvalue weighted by atomic mass is 9.99. The van der Waals surface area contributed by atoms with E-state index in [1.807, 2.05) is 36.4 Å². The van der Waals surface area contributed by atoms with Crippen molar-refractivity contribution < 1.29 is 8.78 Å². The van der Waals surface area contributed by atoms with Gasteiger partial charge in [0.15, 0.2) is 11.6 Å². The molecule has 2 nitrogen and oxygen atoms in total. The van der Waals surface area contributed by atoms with Crippen molar-refractivity contribution in [2.75, 3.05) is 0 Å². The highest BCUT2D eigenvalue weighted by Gasteiger charge is 2.14. The molecule has 26 heavy (non-hydrogen) atoms. The van der Waals surface area contributed by atoms with Crippen LogP contribution in [0.2, 0.25) is 0 Å². The van der Waals surface area contributed by atoms with E-state index in [1.54, 1.807) is 0 Å². The molecule has 4 aromatic carbocycles. The van der Waals surface area contributed by atoms with Crippen molar-refractivity contribution in [1.29, 1.82) is 0 Å². The van der Waals surface area contributed by atoms with Gasteiger partial charge in [-0.05, 0) is 35.0 Å². The highest BCUT2D eigenvalue weighted by atomic mass is 79.9. The lowest BCUT2D eigenvalue weighted by Gasteiger charge is -2.11. The van der Waals surface area contributed by atoms with Crippen LogP contribution in [0.4, 0.5) is 8.78 Å². The fourth-order valence-corrected chi connectivity index (χ4v) is 4.04. The van der Waals surface area contributed by atoms with Crippen molar-refractivity contribution in [2.24, 2.45) is 0 Å². The zero-order valence-corrected chi connectivity index (χ0v) is 16.2. The summed E-state index contributed by atoms with van der Waals surface area (Å²) in [6, 6.07) is 14.1. The Bertz CT molecular complexity index is 1280. The molecule has 126 valence electrons. The molecule has 0 N–H and O–H groups in total. The Labute approximate surface area is 163 Å². The van der Waals surface area contributed by atoms with Gasteiger partial charge in [0.05, 0.1) is 22.1 Å². The van der Waals surface area contributed by atoms with Gasteiger partial charge >= 0.3 is 0 Å². The summed E-state index contributed by atoms with van der Waals surface area (Å²) in [5, 5.41) is 3.87. The Morgan fingerprint density at radius 2 is 1.00 bits per heavy atom. The van der Waals surface area contributed by atoms with Crippen molar-refractivity contribution >= 4 is 75.5 Å². The van der Waals surface area contributed by atoms with Crippen LogP contribution in [0.1, 0.15) is 0 Å². The number of benzene rings is 4. The van der Waals surface area contributed by atoms with Crippen LogP contribution >= 0.6 is 31.9 Å². The predicted octanol–water partition coefficient (Wildman–Crippen LogP) is 6.89. The van der Waals surface area contributed by atoms with E-state index in [-0.39, 0.29) is 0 Å². The van der Waals surface area contributed by atoms with Crippen molar-refractivity contribution in [1.82, 2.24) is 9.97 Å². The summed E-state index contributed by atoms with van der Waals surface area (Å²) < 4.78 is 29.2. The van der Waals surface area contributed by atoms with E-state index in [0.29, 0.717) is 22.1 Å². The molecule has 1 aromatic heterocycles. The Morgan fingerprint density at radius 1 is 0.577 bits per heavy atom. The molecule has 0 amide bonds. The SMILES string of the molecule is Fc1cc2nc3c4cc(Br)ccc4c4ccc(Br)cc4c3nc2cc1F. The van der Waals surface area contributed by atoms with Crippen LogP contribution in [0, 0.1) is 11.6 Å². The number of fused-ring (bicyclic) bond motifs is 7. The highest BCUT2D eigenvalue weighted by Crippen LogP contribution is 2.36. The van der Waals surface area contributed by atoms with Crippen molar-refractivity contribution in [3.05, 3.63) is 69.1 Å². The van der Waals surface area contributed by atoms with Crippen molar-refractivity contribution in [2.45, 2.75) is 0 Å². The third-order valence-electron chi connectivity index (χ3n) is 4.47. The van der Waals surface area contributed by atoms with Crippen molar-refractivity contribution in [3.8, 4) is 0 Å². The van der Waals surface area contributed by atoms with Gasteiger partial charge in [-0.2, -0.15) is 0 Å². The molecule has 0 atom stereocenters. The van der Waals surface area contributed by atoms with E-state index < -0.39 is 11.6 Å². The van der Waals surface area contributed by atoms with Gasteiger partial charge in [0.25, 0.3) is 0 Å². The molecule has 5 aromatic rings. The second kappa shape index (κ2) is 5.66. The third kappa shape index (κ3) is 2.32. The number of hydrogen-bond acceptors (Lipinski definition) is 2. The quantitative estimate of drug-likeness (QED) is 0.181. The van der Waals surface area contributed by atoms with Crippen molar-refractivity contribution in [3.63, 3.8) is 0 Å². The number of rotatable bonds is 0. The van der Waals surface area contributed by atoms with Crippen LogP contribution in [0.3, 0.4) is 0 Å². The second-order valence-electron chi connectivity index (χ2n) is 6.06. The number of hydrogen-bond donors (Lipinski definition) is 0. The van der Waals surface area contributed by atoms with E-state index in [9.17, 15) is 8.78 Å². The molecule has 0 aliphatic heterocycles. The number of nitrogens with zero attached hydrogens (tertiary/aromatic N) is 2. The Kier molecular flexibility index (Phi) is 3.49. The molecular formula is C20H8Br2F2N2. The highest BCUT2D eigenvalue weighted by molar-refractivity contribution is 9.10. The second-order valence-corrected chi connectivity index (χ2v) is 7.89. The molecule has 0 saturated heterocycles. The molecule has 5 rings (SSSR count). The first-order valence-electron chi connectivity index (χ1n) is 7.78. The van der Waals surface area contributed by atoms with Crippen LogP contribution in [0.25, 0.3) is 43.6 Å². The normalized spacial score (nSPS) is 11.8. The van der Waals surface area contributed by atoms with Crippen LogP contribution in [0.15, 0.2) is 57.5 Å². The van der Waals surface area contributed by atoms with Crippen LogP contribution in [-0.4, -0.2) is 9.97 Å². The molecule has 1 heterocycles. The molecule has 0 spiro atoms. The Hall–Kier alpha value is -2.18. The number of aromatic nitrogens is 2. The van der Waals surface area contributed by atoms with Gasteiger partial charge in [0, 0.05) is 31.9 Å². The lowest BCUT2D eigenvalue weighted by molar-refractivity contribution is 0.510.